The fraction of sp³-hybridized carbons (Fsp3) is 0.700. The monoisotopic (exact) mass is 244 g/mol. The second kappa shape index (κ2) is 9.73. The van der Waals surface area contributed by atoms with Gasteiger partial charge in [0.2, 0.25) is 11.8 Å². The van der Waals surface area contributed by atoms with Crippen molar-refractivity contribution in [3.8, 4) is 0 Å². The summed E-state index contributed by atoms with van der Waals surface area (Å²) in [4.78, 5) is 33.0. The van der Waals surface area contributed by atoms with E-state index in [1.807, 2.05) is 0 Å². The summed E-state index contributed by atoms with van der Waals surface area (Å²) in [6, 6.07) is 0. The van der Waals surface area contributed by atoms with Gasteiger partial charge in [0.1, 0.15) is 5.78 Å². The third kappa shape index (κ3) is 10.8. The molecule has 0 rings (SSSR count). The molecule has 0 saturated carbocycles. The molecular weight excluding hydrogens is 224 g/mol. The summed E-state index contributed by atoms with van der Waals surface area (Å²) in [5.41, 5.74) is 5.45. The van der Waals surface area contributed by atoms with Crippen LogP contribution in [0, 0.1) is 0 Å². The maximum Gasteiger partial charge on any atom is 0.239 e. The zero-order chi connectivity index (χ0) is 13.1. The Kier molecular flexibility index (Phi) is 8.89. The molecule has 0 aliphatic carbocycles. The van der Waals surface area contributed by atoms with E-state index in [0.29, 0.717) is 25.9 Å². The molecule has 0 saturated heterocycles. The normalized spacial score (nSPS) is 9.76. The zero-order valence-corrected chi connectivity index (χ0v) is 10.3. The van der Waals surface area contributed by atoms with E-state index in [2.05, 4.69) is 21.5 Å². The molecule has 0 aromatic heterocycles. The molecule has 7 heteroatoms. The van der Waals surface area contributed by atoms with Crippen LogP contribution in [0.4, 0.5) is 0 Å². The molecule has 4 N–H and O–H groups in total. The Balaban J connectivity index is 3.48. The number of carbonyl (C=O) groups is 3. The summed E-state index contributed by atoms with van der Waals surface area (Å²) < 4.78 is 0. The van der Waals surface area contributed by atoms with Gasteiger partial charge in [0.25, 0.3) is 0 Å². The molecule has 0 heterocycles. The van der Waals surface area contributed by atoms with Gasteiger partial charge < -0.3 is 10.6 Å². The first-order valence-electron chi connectivity index (χ1n) is 5.48. The van der Waals surface area contributed by atoms with E-state index in [1.54, 1.807) is 7.05 Å². The minimum absolute atomic E-state index is 0.0208. The van der Waals surface area contributed by atoms with Gasteiger partial charge in [0.15, 0.2) is 0 Å². The molecule has 0 aliphatic heterocycles. The summed E-state index contributed by atoms with van der Waals surface area (Å²) in [6.45, 7) is 2.21. The first-order valence-corrected chi connectivity index (χ1v) is 5.48. The van der Waals surface area contributed by atoms with Crippen molar-refractivity contribution in [3.05, 3.63) is 0 Å². The summed E-state index contributed by atoms with van der Waals surface area (Å²) in [7, 11) is 1.71. The molecule has 0 aliphatic rings. The molecule has 0 atom stereocenters. The van der Waals surface area contributed by atoms with Crippen molar-refractivity contribution < 1.29 is 14.4 Å². The first-order chi connectivity index (χ1) is 8.06. The summed E-state index contributed by atoms with van der Waals surface area (Å²) >= 11 is 0. The van der Waals surface area contributed by atoms with Crippen LogP contribution in [0.5, 0.6) is 0 Å². The molecule has 0 aromatic carbocycles. The van der Waals surface area contributed by atoms with Crippen LogP contribution in [-0.2, 0) is 14.4 Å². The number of hydrogen-bond donors (Lipinski definition) is 4. The number of rotatable bonds is 9. The summed E-state index contributed by atoms with van der Waals surface area (Å²) in [5.74, 6) is -0.469. The van der Waals surface area contributed by atoms with Crippen molar-refractivity contribution in [1.29, 1.82) is 0 Å². The number of Topliss-reactive ketones (excluding diaryl/α,β-unsaturated/α-hetero) is 1. The lowest BCUT2D eigenvalue weighted by molar-refractivity contribution is -0.126. The predicted octanol–water partition coefficient (Wildman–Crippen LogP) is -1.69. The van der Waals surface area contributed by atoms with Crippen molar-refractivity contribution >= 4 is 17.6 Å². The summed E-state index contributed by atoms with van der Waals surface area (Å²) in [6.07, 6.45) is 0.605. The molecule has 0 spiro atoms. The standard InChI is InChI=1S/C10H20N4O3/c1-8(15)3-5-12-10(17)7-13-9(16)4-6-14-11-2/h11,14H,3-7H2,1-2H3,(H,12,17)(H,13,16). The lowest BCUT2D eigenvalue weighted by Gasteiger charge is -2.06. The molecule has 0 fully saturated rings. The van der Waals surface area contributed by atoms with E-state index in [1.165, 1.54) is 6.92 Å². The second-order valence-electron chi connectivity index (χ2n) is 3.51. The van der Waals surface area contributed by atoms with Gasteiger partial charge in [0.05, 0.1) is 6.54 Å². The van der Waals surface area contributed by atoms with Gasteiger partial charge in [0, 0.05) is 25.9 Å². The van der Waals surface area contributed by atoms with Gasteiger partial charge in [-0.1, -0.05) is 0 Å². The molecular formula is C10H20N4O3. The Hall–Kier alpha value is -1.47. The van der Waals surface area contributed by atoms with Crippen molar-refractivity contribution in [2.45, 2.75) is 19.8 Å². The van der Waals surface area contributed by atoms with Crippen LogP contribution in [0.25, 0.3) is 0 Å². The molecule has 17 heavy (non-hydrogen) atoms. The minimum Gasteiger partial charge on any atom is -0.354 e. The van der Waals surface area contributed by atoms with E-state index >= 15 is 0 Å². The van der Waals surface area contributed by atoms with Crippen LogP contribution in [0.2, 0.25) is 0 Å². The molecule has 0 bridgehead atoms. The van der Waals surface area contributed by atoms with Crippen LogP contribution < -0.4 is 21.5 Å². The average Bonchev–Trinajstić information content (AvgIpc) is 2.26. The Morgan fingerprint density at radius 3 is 2.24 bits per heavy atom. The fourth-order valence-electron chi connectivity index (χ4n) is 1.01. The predicted molar refractivity (Wildman–Crippen MR) is 63.0 cm³/mol. The van der Waals surface area contributed by atoms with Gasteiger partial charge in [-0.25, -0.2) is 0 Å². The van der Waals surface area contributed by atoms with Gasteiger partial charge in [-0.15, -0.1) is 0 Å². The van der Waals surface area contributed by atoms with Crippen molar-refractivity contribution in [3.63, 3.8) is 0 Å². The van der Waals surface area contributed by atoms with Crippen LogP contribution in [0.1, 0.15) is 19.8 Å². The number of carbonyl (C=O) groups excluding carboxylic acids is 3. The number of hydrazine groups is 1. The quantitative estimate of drug-likeness (QED) is 0.286. The van der Waals surface area contributed by atoms with Gasteiger partial charge in [-0.2, -0.15) is 0 Å². The molecule has 7 nitrogen and oxygen atoms in total. The minimum atomic E-state index is -0.291. The van der Waals surface area contributed by atoms with Gasteiger partial charge in [-0.05, 0) is 14.0 Å². The highest BCUT2D eigenvalue weighted by Crippen LogP contribution is 1.79. The maximum atomic E-state index is 11.2. The highest BCUT2D eigenvalue weighted by Gasteiger charge is 2.04. The smallest absolute Gasteiger partial charge is 0.239 e. The van der Waals surface area contributed by atoms with Gasteiger partial charge >= 0.3 is 0 Å². The Morgan fingerprint density at radius 2 is 1.65 bits per heavy atom. The Morgan fingerprint density at radius 1 is 0.941 bits per heavy atom. The first kappa shape index (κ1) is 15.5. The van der Waals surface area contributed by atoms with Crippen LogP contribution >= 0.6 is 0 Å². The summed E-state index contributed by atoms with van der Waals surface area (Å²) in [5, 5.41) is 5.01. The number of amides is 2. The van der Waals surface area contributed by atoms with Crippen LogP contribution in [0.3, 0.4) is 0 Å². The Bertz CT molecular complexity index is 268. The number of hydrogen-bond acceptors (Lipinski definition) is 5. The molecule has 0 aromatic rings. The zero-order valence-electron chi connectivity index (χ0n) is 10.3. The third-order valence-corrected chi connectivity index (χ3v) is 1.90. The van der Waals surface area contributed by atoms with E-state index < -0.39 is 0 Å². The SMILES string of the molecule is CNNCCC(=O)NCC(=O)NCCC(C)=O. The number of nitrogens with one attached hydrogen (secondary N) is 4. The van der Waals surface area contributed by atoms with Crippen molar-refractivity contribution in [1.82, 2.24) is 21.5 Å². The van der Waals surface area contributed by atoms with Crippen molar-refractivity contribution in [2.24, 2.45) is 0 Å². The van der Waals surface area contributed by atoms with Gasteiger partial charge in [-0.3, -0.25) is 25.2 Å². The molecule has 0 unspecified atom stereocenters. The molecule has 0 radical (unpaired) electrons. The highest BCUT2D eigenvalue weighted by molar-refractivity contribution is 5.85. The average molecular weight is 244 g/mol. The number of ketones is 1. The van der Waals surface area contributed by atoms with E-state index in [0.717, 1.165) is 0 Å². The highest BCUT2D eigenvalue weighted by atomic mass is 16.2. The lowest BCUT2D eigenvalue weighted by Crippen LogP contribution is -2.39. The van der Waals surface area contributed by atoms with E-state index in [-0.39, 0.29) is 24.1 Å². The molecule has 2 amide bonds. The topological polar surface area (TPSA) is 99.3 Å². The largest absolute Gasteiger partial charge is 0.354 e. The lowest BCUT2D eigenvalue weighted by atomic mass is 10.3. The Labute approximate surface area is 101 Å². The van der Waals surface area contributed by atoms with Crippen LogP contribution in [0.15, 0.2) is 0 Å². The third-order valence-electron chi connectivity index (χ3n) is 1.90. The van der Waals surface area contributed by atoms with E-state index in [4.69, 9.17) is 0 Å². The maximum absolute atomic E-state index is 11.2. The van der Waals surface area contributed by atoms with E-state index in [9.17, 15) is 14.4 Å². The fourth-order valence-corrected chi connectivity index (χ4v) is 1.01. The second-order valence-corrected chi connectivity index (χ2v) is 3.51. The van der Waals surface area contributed by atoms with Crippen molar-refractivity contribution in [2.75, 3.05) is 26.7 Å². The van der Waals surface area contributed by atoms with Crippen LogP contribution in [-0.4, -0.2) is 44.3 Å². The molecule has 98 valence electrons.